The molecule has 0 radical (unpaired) electrons. The summed E-state index contributed by atoms with van der Waals surface area (Å²) in [5, 5.41) is 14.5. The van der Waals surface area contributed by atoms with Gasteiger partial charge in [0.15, 0.2) is 11.0 Å². The number of nitrogens with two attached hydrogens (primary N) is 1. The van der Waals surface area contributed by atoms with Gasteiger partial charge < -0.3 is 10.9 Å². The second-order valence-corrected chi connectivity index (χ2v) is 5.22. The third-order valence-corrected chi connectivity index (χ3v) is 4.03. The van der Waals surface area contributed by atoms with Crippen molar-refractivity contribution in [3.8, 4) is 0 Å². The lowest BCUT2D eigenvalue weighted by Gasteiger charge is -2.12. The molecule has 21 heavy (non-hydrogen) atoms. The molecule has 0 spiro atoms. The average molecular weight is 307 g/mol. The van der Waals surface area contributed by atoms with E-state index in [2.05, 4.69) is 15.2 Å². The minimum Gasteiger partial charge on any atom is -0.409 e. The number of nitrogens with one attached hydrogen (secondary N) is 1. The summed E-state index contributed by atoms with van der Waals surface area (Å²) >= 11 is 1.14. The summed E-state index contributed by atoms with van der Waals surface area (Å²) in [6, 6.07) is 5.31. The molecule has 0 saturated heterocycles. The Bertz CT molecular complexity index is 824. The first-order valence-electron chi connectivity index (χ1n) is 5.86. The Morgan fingerprint density at radius 2 is 2.19 bits per heavy atom. The summed E-state index contributed by atoms with van der Waals surface area (Å²) in [6.07, 6.45) is 0. The smallest absolute Gasteiger partial charge is 0.339 e. The molecule has 2 aromatic rings. The summed E-state index contributed by atoms with van der Waals surface area (Å²) in [5.41, 5.74) is 5.38. The van der Waals surface area contributed by atoms with Crippen molar-refractivity contribution in [2.75, 3.05) is 0 Å². The molecule has 0 fully saturated rings. The van der Waals surface area contributed by atoms with Crippen LogP contribution >= 0.6 is 11.8 Å². The minimum atomic E-state index is -0.866. The fourth-order valence-corrected chi connectivity index (χ4v) is 2.69. The van der Waals surface area contributed by atoms with E-state index in [1.54, 1.807) is 19.2 Å². The van der Waals surface area contributed by atoms with Crippen LogP contribution in [0.2, 0.25) is 0 Å². The Morgan fingerprint density at radius 1 is 1.48 bits per heavy atom. The predicted octanol–water partition coefficient (Wildman–Crippen LogP) is 0.0227. The van der Waals surface area contributed by atoms with Gasteiger partial charge in [0.25, 0.3) is 0 Å². The van der Waals surface area contributed by atoms with Gasteiger partial charge in [0.2, 0.25) is 0 Å². The van der Waals surface area contributed by atoms with E-state index in [-0.39, 0.29) is 5.84 Å². The van der Waals surface area contributed by atoms with Crippen molar-refractivity contribution in [3.63, 3.8) is 0 Å². The van der Waals surface area contributed by atoms with Crippen LogP contribution in [0.5, 0.6) is 0 Å². The van der Waals surface area contributed by atoms with E-state index in [1.807, 2.05) is 13.0 Å². The molecule has 8 nitrogen and oxygen atoms in total. The zero-order valence-electron chi connectivity index (χ0n) is 11.3. The number of hydrogen-bond acceptors (Lipinski definition) is 6. The summed E-state index contributed by atoms with van der Waals surface area (Å²) in [6.45, 7) is 1.85. The Labute approximate surface area is 123 Å². The standard InChI is InChI=1S/C12H13N5O3S/c1-6-4-3-5-7(9(13)16-20)8(6)21-12-14-10(18)11(19)15-17(12)2/h3-5,20H,1-2H3,(H2,13,16)(H,15,19). The SMILES string of the molecule is Cc1cccc(/C(N)=N/O)c1Sc1nc(=O)c(=O)[nH]n1C. The molecule has 1 aromatic heterocycles. The van der Waals surface area contributed by atoms with Crippen LogP contribution in [0.15, 0.2) is 43.0 Å². The molecule has 1 heterocycles. The highest BCUT2D eigenvalue weighted by Gasteiger charge is 2.14. The highest BCUT2D eigenvalue weighted by Crippen LogP contribution is 2.30. The molecule has 2 rings (SSSR count). The van der Waals surface area contributed by atoms with Crippen LogP contribution in [-0.2, 0) is 7.05 Å². The van der Waals surface area contributed by atoms with Crippen LogP contribution in [0.3, 0.4) is 0 Å². The second kappa shape index (κ2) is 5.83. The molecular weight excluding hydrogens is 294 g/mol. The quantitative estimate of drug-likeness (QED) is 0.241. The maximum atomic E-state index is 11.4. The zero-order valence-corrected chi connectivity index (χ0v) is 12.1. The Morgan fingerprint density at radius 3 is 2.86 bits per heavy atom. The lowest BCUT2D eigenvalue weighted by atomic mass is 10.1. The maximum absolute atomic E-state index is 11.4. The van der Waals surface area contributed by atoms with E-state index in [1.165, 1.54) is 4.68 Å². The number of amidine groups is 1. The summed E-state index contributed by atoms with van der Waals surface area (Å²) in [4.78, 5) is 27.0. The van der Waals surface area contributed by atoms with E-state index < -0.39 is 11.1 Å². The summed E-state index contributed by atoms with van der Waals surface area (Å²) in [5.74, 6) is -0.0457. The first-order valence-corrected chi connectivity index (χ1v) is 6.68. The van der Waals surface area contributed by atoms with Crippen LogP contribution in [0.4, 0.5) is 0 Å². The van der Waals surface area contributed by atoms with Crippen LogP contribution in [0.1, 0.15) is 11.1 Å². The normalized spacial score (nSPS) is 11.6. The molecule has 1 aromatic carbocycles. The fraction of sp³-hybridized carbons (Fsp3) is 0.167. The number of oxime groups is 1. The Balaban J connectivity index is 2.57. The molecule has 110 valence electrons. The van der Waals surface area contributed by atoms with Crippen LogP contribution in [0, 0.1) is 6.92 Å². The van der Waals surface area contributed by atoms with E-state index >= 15 is 0 Å². The fourth-order valence-electron chi connectivity index (χ4n) is 1.69. The van der Waals surface area contributed by atoms with Crippen molar-refractivity contribution in [2.45, 2.75) is 17.0 Å². The molecule has 0 aliphatic heterocycles. The lowest BCUT2D eigenvalue weighted by Crippen LogP contribution is -2.33. The van der Waals surface area contributed by atoms with Crippen LogP contribution in [-0.4, -0.2) is 25.8 Å². The molecule has 9 heteroatoms. The third kappa shape index (κ3) is 2.97. The molecule has 0 amide bonds. The van der Waals surface area contributed by atoms with E-state index in [4.69, 9.17) is 10.9 Å². The molecule has 0 aliphatic carbocycles. The number of nitrogens with zero attached hydrogens (tertiary/aromatic N) is 3. The Hall–Kier alpha value is -2.55. The highest BCUT2D eigenvalue weighted by molar-refractivity contribution is 7.99. The summed E-state index contributed by atoms with van der Waals surface area (Å²) < 4.78 is 1.34. The van der Waals surface area contributed by atoms with Gasteiger partial charge in [-0.25, -0.2) is 0 Å². The molecule has 0 aliphatic rings. The van der Waals surface area contributed by atoms with E-state index in [9.17, 15) is 9.59 Å². The van der Waals surface area contributed by atoms with Gasteiger partial charge in [-0.1, -0.05) is 17.3 Å². The lowest BCUT2D eigenvalue weighted by molar-refractivity contribution is 0.318. The number of aromatic amines is 1. The molecule has 0 unspecified atom stereocenters. The van der Waals surface area contributed by atoms with Gasteiger partial charge >= 0.3 is 11.1 Å². The first-order chi connectivity index (χ1) is 9.93. The van der Waals surface area contributed by atoms with Crippen molar-refractivity contribution in [3.05, 3.63) is 50.0 Å². The second-order valence-electron chi connectivity index (χ2n) is 4.24. The van der Waals surface area contributed by atoms with Gasteiger partial charge in [-0.3, -0.25) is 19.4 Å². The van der Waals surface area contributed by atoms with Gasteiger partial charge in [0, 0.05) is 17.5 Å². The van der Waals surface area contributed by atoms with Crippen molar-refractivity contribution in [2.24, 2.45) is 17.9 Å². The monoisotopic (exact) mass is 307 g/mol. The Kier molecular flexibility index (Phi) is 4.13. The molecule has 4 N–H and O–H groups in total. The zero-order chi connectivity index (χ0) is 15.6. The van der Waals surface area contributed by atoms with Crippen LogP contribution in [0.25, 0.3) is 0 Å². The molecule has 0 bridgehead atoms. The number of aryl methyl sites for hydroxylation is 2. The molecular formula is C12H13N5O3S. The number of rotatable bonds is 3. The van der Waals surface area contributed by atoms with Gasteiger partial charge in [0.05, 0.1) is 0 Å². The third-order valence-electron chi connectivity index (χ3n) is 2.74. The predicted molar refractivity (Wildman–Crippen MR) is 77.9 cm³/mol. The van der Waals surface area contributed by atoms with Crippen molar-refractivity contribution in [1.29, 1.82) is 0 Å². The van der Waals surface area contributed by atoms with E-state index in [0.717, 1.165) is 17.3 Å². The number of benzene rings is 1. The topological polar surface area (TPSA) is 126 Å². The maximum Gasteiger partial charge on any atom is 0.339 e. The van der Waals surface area contributed by atoms with Crippen LogP contribution < -0.4 is 16.9 Å². The van der Waals surface area contributed by atoms with Gasteiger partial charge in [-0.2, -0.15) is 4.98 Å². The van der Waals surface area contributed by atoms with Crippen molar-refractivity contribution in [1.82, 2.24) is 14.8 Å². The first kappa shape index (κ1) is 14.9. The average Bonchev–Trinajstić information content (AvgIpc) is 2.45. The van der Waals surface area contributed by atoms with Gasteiger partial charge in [-0.05, 0) is 30.3 Å². The largest absolute Gasteiger partial charge is 0.409 e. The summed E-state index contributed by atoms with van der Waals surface area (Å²) in [7, 11) is 1.57. The highest BCUT2D eigenvalue weighted by atomic mass is 32.2. The van der Waals surface area contributed by atoms with E-state index in [0.29, 0.717) is 15.6 Å². The number of aromatic nitrogens is 3. The molecule has 0 saturated carbocycles. The van der Waals surface area contributed by atoms with Crippen molar-refractivity contribution < 1.29 is 5.21 Å². The number of H-pyrrole nitrogens is 1. The van der Waals surface area contributed by atoms with Crippen molar-refractivity contribution >= 4 is 17.6 Å². The van der Waals surface area contributed by atoms with Gasteiger partial charge in [-0.15, -0.1) is 0 Å². The number of hydrogen-bond donors (Lipinski definition) is 3. The minimum absolute atomic E-state index is 0.0457. The molecule has 0 atom stereocenters. The van der Waals surface area contributed by atoms with Gasteiger partial charge in [0.1, 0.15) is 0 Å².